The van der Waals surface area contributed by atoms with Gasteiger partial charge in [-0.3, -0.25) is 0 Å². The molecule has 2 aromatic carbocycles. The lowest BCUT2D eigenvalue weighted by Gasteiger charge is -2.04. The second kappa shape index (κ2) is 3.98. The van der Waals surface area contributed by atoms with E-state index in [9.17, 15) is 14.6 Å². The molecule has 0 fully saturated rings. The number of benzene rings is 2. The van der Waals surface area contributed by atoms with Gasteiger partial charge in [-0.1, -0.05) is 0 Å². The summed E-state index contributed by atoms with van der Waals surface area (Å²) in [6.45, 7) is 0. The van der Waals surface area contributed by atoms with Gasteiger partial charge in [-0.2, -0.15) is 0 Å². The Bertz CT molecular complexity index is 760. The van der Waals surface area contributed by atoms with Crippen LogP contribution in [0, 0.1) is 5.82 Å². The molecule has 3 rings (SSSR count). The summed E-state index contributed by atoms with van der Waals surface area (Å²) in [7, 11) is 1.76. The molecule has 0 amide bonds. The number of nitrogens with zero attached hydrogens (tertiary/aromatic N) is 2. The van der Waals surface area contributed by atoms with Crippen LogP contribution in [0.25, 0.3) is 22.4 Å². The monoisotopic (exact) mass is 258 g/mol. The van der Waals surface area contributed by atoms with Crippen LogP contribution in [0.3, 0.4) is 0 Å². The largest absolute Gasteiger partial charge is 0.508 e. The van der Waals surface area contributed by atoms with Crippen molar-refractivity contribution in [3.05, 3.63) is 42.2 Å². The van der Waals surface area contributed by atoms with E-state index in [-0.39, 0.29) is 17.3 Å². The van der Waals surface area contributed by atoms with Crippen molar-refractivity contribution < 1.29 is 14.6 Å². The van der Waals surface area contributed by atoms with Crippen LogP contribution in [0.5, 0.6) is 11.5 Å². The predicted octanol–water partition coefficient (Wildman–Crippen LogP) is 2.79. The van der Waals surface area contributed by atoms with Crippen LogP contribution in [-0.2, 0) is 7.05 Å². The molecule has 2 N–H and O–H groups in total. The normalized spacial score (nSPS) is 11.1. The van der Waals surface area contributed by atoms with Gasteiger partial charge in [0.05, 0.1) is 11.0 Å². The van der Waals surface area contributed by atoms with E-state index in [1.165, 1.54) is 30.3 Å². The Morgan fingerprint density at radius 1 is 1.05 bits per heavy atom. The molecular formula is C14H11FN2O2. The number of hydrogen-bond donors (Lipinski definition) is 2. The molecular weight excluding hydrogens is 247 g/mol. The maximum absolute atomic E-state index is 13.2. The number of aryl methyl sites for hydroxylation is 1. The third-order valence-electron chi connectivity index (χ3n) is 3.00. The molecule has 0 aliphatic carbocycles. The molecule has 0 spiro atoms. The first-order chi connectivity index (χ1) is 9.04. The minimum atomic E-state index is -0.333. The maximum atomic E-state index is 13.2. The fraction of sp³-hybridized carbons (Fsp3) is 0.0714. The average molecular weight is 258 g/mol. The van der Waals surface area contributed by atoms with Crippen molar-refractivity contribution in [2.45, 2.75) is 0 Å². The lowest BCUT2D eigenvalue weighted by molar-refractivity contribution is 0.451. The summed E-state index contributed by atoms with van der Waals surface area (Å²) < 4.78 is 15.0. The highest BCUT2D eigenvalue weighted by Crippen LogP contribution is 2.30. The SMILES string of the molecule is Cn1c(-c2cc(O)cc(O)c2)nc2ccc(F)cc21. The number of phenols is 2. The zero-order valence-corrected chi connectivity index (χ0v) is 10.1. The van der Waals surface area contributed by atoms with Gasteiger partial charge in [-0.05, 0) is 30.3 Å². The Kier molecular flexibility index (Phi) is 2.41. The lowest BCUT2D eigenvalue weighted by atomic mass is 10.2. The van der Waals surface area contributed by atoms with Crippen molar-refractivity contribution in [2.75, 3.05) is 0 Å². The number of imidazole rings is 1. The Morgan fingerprint density at radius 2 is 1.74 bits per heavy atom. The van der Waals surface area contributed by atoms with Crippen LogP contribution in [-0.4, -0.2) is 19.8 Å². The Labute approximate surface area is 108 Å². The van der Waals surface area contributed by atoms with Gasteiger partial charge >= 0.3 is 0 Å². The maximum Gasteiger partial charge on any atom is 0.141 e. The van der Waals surface area contributed by atoms with E-state index in [2.05, 4.69) is 4.98 Å². The van der Waals surface area contributed by atoms with Crippen molar-refractivity contribution in [1.29, 1.82) is 0 Å². The van der Waals surface area contributed by atoms with E-state index in [1.807, 2.05) is 0 Å². The molecule has 0 aliphatic heterocycles. The van der Waals surface area contributed by atoms with Crippen molar-refractivity contribution in [2.24, 2.45) is 7.05 Å². The first-order valence-corrected chi connectivity index (χ1v) is 5.70. The van der Waals surface area contributed by atoms with Crippen molar-refractivity contribution >= 4 is 11.0 Å². The van der Waals surface area contributed by atoms with E-state index in [0.29, 0.717) is 22.4 Å². The molecule has 3 aromatic rings. The zero-order valence-electron chi connectivity index (χ0n) is 10.1. The second-order valence-electron chi connectivity index (χ2n) is 4.37. The fourth-order valence-electron chi connectivity index (χ4n) is 2.15. The minimum Gasteiger partial charge on any atom is -0.508 e. The minimum absolute atomic E-state index is 0.0479. The highest BCUT2D eigenvalue weighted by atomic mass is 19.1. The highest BCUT2D eigenvalue weighted by molar-refractivity contribution is 5.81. The third-order valence-corrected chi connectivity index (χ3v) is 3.00. The lowest BCUT2D eigenvalue weighted by Crippen LogP contribution is -1.92. The summed E-state index contributed by atoms with van der Waals surface area (Å²) in [6, 6.07) is 8.57. The summed E-state index contributed by atoms with van der Waals surface area (Å²) in [5.41, 5.74) is 1.87. The predicted molar refractivity (Wildman–Crippen MR) is 69.4 cm³/mol. The Balaban J connectivity index is 2.27. The topological polar surface area (TPSA) is 58.3 Å². The van der Waals surface area contributed by atoms with Crippen LogP contribution in [0.1, 0.15) is 0 Å². The van der Waals surface area contributed by atoms with E-state index in [1.54, 1.807) is 17.7 Å². The molecule has 96 valence electrons. The number of phenolic OH excluding ortho intramolecular Hbond substituents is 2. The van der Waals surface area contributed by atoms with Crippen molar-refractivity contribution in [3.63, 3.8) is 0 Å². The number of aromatic hydroxyl groups is 2. The molecule has 0 aliphatic rings. The first kappa shape index (κ1) is 11.5. The van der Waals surface area contributed by atoms with E-state index < -0.39 is 0 Å². The summed E-state index contributed by atoms with van der Waals surface area (Å²) in [6.07, 6.45) is 0. The van der Waals surface area contributed by atoms with Gasteiger partial charge < -0.3 is 14.8 Å². The third kappa shape index (κ3) is 1.89. The van der Waals surface area contributed by atoms with Gasteiger partial charge in [0.2, 0.25) is 0 Å². The molecule has 0 radical (unpaired) electrons. The molecule has 0 bridgehead atoms. The highest BCUT2D eigenvalue weighted by Gasteiger charge is 2.12. The smallest absolute Gasteiger partial charge is 0.141 e. The van der Waals surface area contributed by atoms with Gasteiger partial charge in [0.25, 0.3) is 0 Å². The average Bonchev–Trinajstić information content (AvgIpc) is 2.66. The van der Waals surface area contributed by atoms with Crippen LogP contribution in [0.15, 0.2) is 36.4 Å². The van der Waals surface area contributed by atoms with Crippen LogP contribution >= 0.6 is 0 Å². The number of rotatable bonds is 1. The molecule has 1 aromatic heterocycles. The van der Waals surface area contributed by atoms with Crippen molar-refractivity contribution in [1.82, 2.24) is 9.55 Å². The quantitative estimate of drug-likeness (QED) is 0.705. The van der Waals surface area contributed by atoms with Crippen molar-refractivity contribution in [3.8, 4) is 22.9 Å². The van der Waals surface area contributed by atoms with Gasteiger partial charge in [-0.15, -0.1) is 0 Å². The summed E-state index contributed by atoms with van der Waals surface area (Å²) in [4.78, 5) is 4.38. The van der Waals surface area contributed by atoms with E-state index in [0.717, 1.165) is 0 Å². The second-order valence-corrected chi connectivity index (χ2v) is 4.37. The molecule has 5 heteroatoms. The van der Waals surface area contributed by atoms with Crippen LogP contribution in [0.2, 0.25) is 0 Å². The zero-order chi connectivity index (χ0) is 13.6. The van der Waals surface area contributed by atoms with E-state index in [4.69, 9.17) is 0 Å². The Morgan fingerprint density at radius 3 is 2.42 bits per heavy atom. The van der Waals surface area contributed by atoms with E-state index >= 15 is 0 Å². The molecule has 4 nitrogen and oxygen atoms in total. The standard InChI is InChI=1S/C14H11FN2O2/c1-17-13-6-9(15)2-3-12(13)16-14(17)8-4-10(18)7-11(19)5-8/h2-7,18-19H,1H3. The summed E-state index contributed by atoms with van der Waals surface area (Å²) in [5, 5.41) is 19.0. The first-order valence-electron chi connectivity index (χ1n) is 5.70. The molecule has 0 atom stereocenters. The molecule has 1 heterocycles. The van der Waals surface area contributed by atoms with Gasteiger partial charge in [0.15, 0.2) is 0 Å². The summed E-state index contributed by atoms with van der Waals surface area (Å²) in [5.74, 6) is 0.120. The van der Waals surface area contributed by atoms with Gasteiger partial charge in [-0.25, -0.2) is 9.37 Å². The molecule has 19 heavy (non-hydrogen) atoms. The molecule has 0 saturated heterocycles. The fourth-order valence-corrected chi connectivity index (χ4v) is 2.15. The van der Waals surface area contributed by atoms with Crippen LogP contribution in [0.4, 0.5) is 4.39 Å². The van der Waals surface area contributed by atoms with Gasteiger partial charge in [0, 0.05) is 18.7 Å². The number of aromatic nitrogens is 2. The Hall–Kier alpha value is -2.56. The summed E-state index contributed by atoms with van der Waals surface area (Å²) >= 11 is 0. The van der Waals surface area contributed by atoms with Crippen LogP contribution < -0.4 is 0 Å². The number of hydrogen-bond acceptors (Lipinski definition) is 3. The van der Waals surface area contributed by atoms with Gasteiger partial charge in [0.1, 0.15) is 23.1 Å². The molecule has 0 unspecified atom stereocenters. The molecule has 0 saturated carbocycles. The number of fused-ring (bicyclic) bond motifs is 1. The number of halogens is 1.